The summed E-state index contributed by atoms with van der Waals surface area (Å²) < 4.78 is 43.3. The number of fused-ring (bicyclic) bond motifs is 1. The second kappa shape index (κ2) is 11.2. The maximum Gasteiger partial charge on any atom is 0.416 e. The van der Waals surface area contributed by atoms with E-state index in [0.29, 0.717) is 39.9 Å². The van der Waals surface area contributed by atoms with Crippen LogP contribution in [0.4, 0.5) is 24.7 Å². The summed E-state index contributed by atoms with van der Waals surface area (Å²) in [5.74, 6) is -0.132. The monoisotopic (exact) mass is 606 g/mol. The molecule has 1 fully saturated rings. The molecule has 6 rings (SSSR count). The maximum absolute atomic E-state index is 13.7. The van der Waals surface area contributed by atoms with Crippen LogP contribution in [-0.2, 0) is 19.2 Å². The molecule has 0 aliphatic heterocycles. The molecule has 1 saturated carbocycles. The number of ketones is 1. The van der Waals surface area contributed by atoms with E-state index in [-0.39, 0.29) is 29.8 Å². The molecule has 0 bridgehead atoms. The zero-order valence-electron chi connectivity index (χ0n) is 22.8. The fraction of sp³-hybridized carbons (Fsp3) is 0.233. The van der Waals surface area contributed by atoms with Gasteiger partial charge in [-0.2, -0.15) is 13.2 Å². The average molecular weight is 607 g/mol. The molecule has 5 aromatic rings. The average Bonchev–Trinajstić information content (AvgIpc) is 3.47. The van der Waals surface area contributed by atoms with Gasteiger partial charge in [0.05, 0.1) is 40.0 Å². The van der Waals surface area contributed by atoms with Crippen LogP contribution in [0, 0.1) is 6.92 Å². The van der Waals surface area contributed by atoms with E-state index in [0.717, 1.165) is 29.7 Å². The van der Waals surface area contributed by atoms with E-state index in [1.54, 1.807) is 24.4 Å². The van der Waals surface area contributed by atoms with Gasteiger partial charge in [0.25, 0.3) is 5.91 Å². The van der Waals surface area contributed by atoms with Gasteiger partial charge >= 0.3 is 6.18 Å². The standard InChI is InChI=1S/C30H25F3N6O3S/c1-16-2-3-18(9-24(16)38-29(42)23-13-43-27-26(23)34-14-35-28(27)37-20-4-5-20)25(41)8-17-6-19(30(31,32)33)10-22(7-17)39-11-21(12-40)36-15-39/h2-3,6-7,9-11,13-15,20,40H,4-5,8,12H2,1H3,(H,38,42)(H,34,35,37). The lowest BCUT2D eigenvalue weighted by atomic mass is 9.99. The molecule has 3 N–H and O–H groups in total. The number of aliphatic hydroxyl groups is 1. The molecule has 220 valence electrons. The number of aromatic nitrogens is 4. The van der Waals surface area contributed by atoms with Gasteiger partial charge in [-0.1, -0.05) is 12.1 Å². The Morgan fingerprint density at radius 2 is 1.93 bits per heavy atom. The van der Waals surface area contributed by atoms with Crippen molar-refractivity contribution in [1.29, 1.82) is 0 Å². The van der Waals surface area contributed by atoms with Crippen LogP contribution < -0.4 is 10.6 Å². The van der Waals surface area contributed by atoms with E-state index >= 15 is 0 Å². The first-order chi connectivity index (χ1) is 20.6. The van der Waals surface area contributed by atoms with Crippen molar-refractivity contribution >= 4 is 44.7 Å². The zero-order valence-corrected chi connectivity index (χ0v) is 23.6. The normalized spacial score (nSPS) is 13.3. The van der Waals surface area contributed by atoms with Gasteiger partial charge in [-0.25, -0.2) is 15.0 Å². The largest absolute Gasteiger partial charge is 0.416 e. The number of Topliss-reactive ketones (excluding diaryl/α,β-unsaturated/α-hetero) is 1. The van der Waals surface area contributed by atoms with Crippen molar-refractivity contribution in [3.8, 4) is 5.69 Å². The molecule has 2 aromatic carbocycles. The molecule has 0 saturated heterocycles. The first-order valence-corrected chi connectivity index (χ1v) is 14.3. The van der Waals surface area contributed by atoms with Crippen LogP contribution in [-0.4, -0.2) is 42.4 Å². The summed E-state index contributed by atoms with van der Waals surface area (Å²) >= 11 is 1.37. The number of amides is 1. The number of carbonyl (C=O) groups is 2. The van der Waals surface area contributed by atoms with Crippen molar-refractivity contribution in [2.45, 2.75) is 45.0 Å². The summed E-state index contributed by atoms with van der Waals surface area (Å²) in [5, 5.41) is 17.2. The van der Waals surface area contributed by atoms with Crippen LogP contribution in [0.1, 0.15) is 55.9 Å². The number of hydrogen-bond donors (Lipinski definition) is 3. The fourth-order valence-corrected chi connectivity index (χ4v) is 5.57. The van der Waals surface area contributed by atoms with Gasteiger partial charge < -0.3 is 20.3 Å². The molecule has 0 radical (unpaired) electrons. The van der Waals surface area contributed by atoms with Crippen LogP contribution in [0.25, 0.3) is 15.9 Å². The molecule has 0 spiro atoms. The number of carbonyl (C=O) groups excluding carboxylic acids is 2. The number of hydrogen-bond acceptors (Lipinski definition) is 8. The van der Waals surface area contributed by atoms with Crippen molar-refractivity contribution in [2.24, 2.45) is 0 Å². The molecule has 43 heavy (non-hydrogen) atoms. The smallest absolute Gasteiger partial charge is 0.390 e. The summed E-state index contributed by atoms with van der Waals surface area (Å²) in [6.45, 7) is 1.42. The number of aryl methyl sites for hydroxylation is 1. The van der Waals surface area contributed by atoms with E-state index in [4.69, 9.17) is 0 Å². The molecule has 0 unspecified atom stereocenters. The number of rotatable bonds is 9. The Hall–Kier alpha value is -4.62. The van der Waals surface area contributed by atoms with Crippen LogP contribution in [0.5, 0.6) is 0 Å². The second-order valence-corrected chi connectivity index (χ2v) is 11.2. The predicted octanol–water partition coefficient (Wildman–Crippen LogP) is 5.95. The van der Waals surface area contributed by atoms with Crippen molar-refractivity contribution in [1.82, 2.24) is 19.5 Å². The van der Waals surface area contributed by atoms with Gasteiger partial charge in [0.1, 0.15) is 12.1 Å². The Kier molecular flexibility index (Phi) is 7.44. The highest BCUT2D eigenvalue weighted by molar-refractivity contribution is 7.18. The van der Waals surface area contributed by atoms with E-state index < -0.39 is 23.4 Å². The Morgan fingerprint density at radius 3 is 2.65 bits per heavy atom. The number of alkyl halides is 3. The minimum atomic E-state index is -4.64. The molecular weight excluding hydrogens is 581 g/mol. The second-order valence-electron chi connectivity index (χ2n) is 10.4. The Balaban J connectivity index is 1.24. The molecule has 0 atom stereocenters. The van der Waals surface area contributed by atoms with Gasteiger partial charge in [0, 0.05) is 41.0 Å². The van der Waals surface area contributed by atoms with Crippen molar-refractivity contribution in [3.63, 3.8) is 0 Å². The van der Waals surface area contributed by atoms with Crippen LogP contribution >= 0.6 is 11.3 Å². The van der Waals surface area contributed by atoms with E-state index in [9.17, 15) is 27.9 Å². The first-order valence-electron chi connectivity index (χ1n) is 13.4. The summed E-state index contributed by atoms with van der Waals surface area (Å²) in [6.07, 6.45) is 1.34. The lowest BCUT2D eigenvalue weighted by Crippen LogP contribution is -2.14. The van der Waals surface area contributed by atoms with Crippen LogP contribution in [0.2, 0.25) is 0 Å². The number of thiophene rings is 1. The zero-order chi connectivity index (χ0) is 30.3. The Morgan fingerprint density at radius 1 is 1.12 bits per heavy atom. The van der Waals surface area contributed by atoms with Gasteiger partial charge in [-0.05, 0) is 55.2 Å². The number of aliphatic hydroxyl groups excluding tert-OH is 1. The molecule has 1 aliphatic rings. The molecule has 9 nitrogen and oxygen atoms in total. The lowest BCUT2D eigenvalue weighted by molar-refractivity contribution is -0.137. The fourth-order valence-electron chi connectivity index (χ4n) is 4.62. The van der Waals surface area contributed by atoms with Gasteiger partial charge in [0.2, 0.25) is 0 Å². The highest BCUT2D eigenvalue weighted by Crippen LogP contribution is 2.34. The molecule has 3 heterocycles. The van der Waals surface area contributed by atoms with E-state index in [2.05, 4.69) is 25.6 Å². The third kappa shape index (κ3) is 6.13. The summed E-state index contributed by atoms with van der Waals surface area (Å²) in [7, 11) is 0. The van der Waals surface area contributed by atoms with Crippen molar-refractivity contribution < 1.29 is 27.9 Å². The minimum Gasteiger partial charge on any atom is -0.390 e. The van der Waals surface area contributed by atoms with Crippen LogP contribution in [0.3, 0.4) is 0 Å². The number of halogens is 3. The number of nitrogens with zero attached hydrogens (tertiary/aromatic N) is 4. The number of nitrogens with one attached hydrogen (secondary N) is 2. The third-order valence-electron chi connectivity index (χ3n) is 7.09. The van der Waals surface area contributed by atoms with Crippen molar-refractivity contribution in [3.05, 3.63) is 94.1 Å². The lowest BCUT2D eigenvalue weighted by Gasteiger charge is -2.13. The maximum atomic E-state index is 13.7. The van der Waals surface area contributed by atoms with Crippen molar-refractivity contribution in [2.75, 3.05) is 10.6 Å². The number of anilines is 2. The van der Waals surface area contributed by atoms with Crippen LogP contribution in [0.15, 0.2) is 60.6 Å². The van der Waals surface area contributed by atoms with Gasteiger partial charge in [-0.3, -0.25) is 9.59 Å². The minimum absolute atomic E-state index is 0.153. The van der Waals surface area contributed by atoms with E-state index in [1.165, 1.54) is 46.9 Å². The molecule has 3 aromatic heterocycles. The highest BCUT2D eigenvalue weighted by Gasteiger charge is 2.32. The Labute approximate surface area is 247 Å². The molecule has 13 heteroatoms. The summed E-state index contributed by atoms with van der Waals surface area (Å²) in [6, 6.07) is 8.54. The summed E-state index contributed by atoms with van der Waals surface area (Å²) in [4.78, 5) is 39.2. The molecule has 1 aliphatic carbocycles. The van der Waals surface area contributed by atoms with E-state index in [1.807, 2.05) is 0 Å². The first kappa shape index (κ1) is 28.5. The third-order valence-corrected chi connectivity index (χ3v) is 8.07. The summed E-state index contributed by atoms with van der Waals surface area (Å²) in [5.41, 5.74) is 1.93. The quantitative estimate of drug-likeness (QED) is 0.177. The van der Waals surface area contributed by atoms with Gasteiger partial charge in [0.15, 0.2) is 5.78 Å². The highest BCUT2D eigenvalue weighted by atomic mass is 32.1. The topological polar surface area (TPSA) is 122 Å². The number of imidazole rings is 1. The number of benzene rings is 2. The Bertz CT molecular complexity index is 1860. The SMILES string of the molecule is Cc1ccc(C(=O)Cc2cc(-n3cnc(CO)c3)cc(C(F)(F)F)c2)cc1NC(=O)c1csc2c(NC3CC3)ncnc12. The van der Waals surface area contributed by atoms with Gasteiger partial charge in [-0.15, -0.1) is 11.3 Å². The molecule has 1 amide bonds. The predicted molar refractivity (Wildman–Crippen MR) is 156 cm³/mol. The molecular formula is C30H25F3N6O3S.